The molecule has 0 aliphatic carbocycles. The number of likely N-dealkylation sites (tertiary alicyclic amines) is 1. The van der Waals surface area contributed by atoms with Crippen molar-refractivity contribution in [2.45, 2.75) is 39.2 Å². The van der Waals surface area contributed by atoms with E-state index >= 15 is 0 Å². The van der Waals surface area contributed by atoms with Gasteiger partial charge in [-0.05, 0) is 50.9 Å². The molecule has 1 unspecified atom stereocenters. The molecule has 0 saturated carbocycles. The molecule has 1 aromatic rings. The second-order valence-corrected chi connectivity index (χ2v) is 7.36. The van der Waals surface area contributed by atoms with Crippen molar-refractivity contribution in [2.75, 3.05) is 45.2 Å². The van der Waals surface area contributed by atoms with Gasteiger partial charge in [-0.1, -0.05) is 6.92 Å². The highest BCUT2D eigenvalue weighted by atomic mass is 16.5. The van der Waals surface area contributed by atoms with E-state index in [-0.39, 0.29) is 0 Å². The van der Waals surface area contributed by atoms with Crippen LogP contribution in [0.4, 0.5) is 5.69 Å². The zero-order valence-electron chi connectivity index (χ0n) is 16.3. The van der Waals surface area contributed by atoms with Gasteiger partial charge in [0.15, 0.2) is 17.5 Å². The molecule has 3 rings (SSSR count). The summed E-state index contributed by atoms with van der Waals surface area (Å²) in [5.41, 5.74) is 0.946. The Morgan fingerprint density at radius 3 is 2.69 bits per heavy atom. The summed E-state index contributed by atoms with van der Waals surface area (Å²) in [4.78, 5) is 6.91. The first-order valence-electron chi connectivity index (χ1n) is 9.77. The maximum Gasteiger partial charge on any atom is 0.195 e. The Bertz CT molecular complexity index is 612. The molecule has 1 aromatic carbocycles. The van der Waals surface area contributed by atoms with Crippen LogP contribution in [0.25, 0.3) is 0 Å². The summed E-state index contributed by atoms with van der Waals surface area (Å²) in [6.07, 6.45) is 3.51. The number of benzene rings is 1. The SMILES string of the molecule is CN=C(NCC(C)N1CCC(C)CC1)Nc1ccc2c(c1)OCCCO2. The highest BCUT2D eigenvalue weighted by Crippen LogP contribution is 2.32. The molecule has 0 aromatic heterocycles. The lowest BCUT2D eigenvalue weighted by Gasteiger charge is -2.35. The average Bonchev–Trinajstić information content (AvgIpc) is 2.90. The lowest BCUT2D eigenvalue weighted by atomic mass is 9.98. The van der Waals surface area contributed by atoms with Gasteiger partial charge in [0.25, 0.3) is 0 Å². The summed E-state index contributed by atoms with van der Waals surface area (Å²) in [5, 5.41) is 6.79. The van der Waals surface area contributed by atoms with Crippen molar-refractivity contribution in [3.05, 3.63) is 18.2 Å². The molecule has 2 N–H and O–H groups in total. The number of nitrogens with zero attached hydrogens (tertiary/aromatic N) is 2. The van der Waals surface area contributed by atoms with Crippen LogP contribution in [0.3, 0.4) is 0 Å². The number of ether oxygens (including phenoxy) is 2. The molecule has 0 amide bonds. The van der Waals surface area contributed by atoms with E-state index < -0.39 is 0 Å². The van der Waals surface area contributed by atoms with Crippen LogP contribution in [-0.4, -0.2) is 56.8 Å². The molecule has 6 nitrogen and oxygen atoms in total. The Kier molecular flexibility index (Phi) is 6.61. The van der Waals surface area contributed by atoms with Crippen LogP contribution in [0.1, 0.15) is 33.1 Å². The van der Waals surface area contributed by atoms with Crippen molar-refractivity contribution in [1.82, 2.24) is 10.2 Å². The summed E-state index contributed by atoms with van der Waals surface area (Å²) in [6, 6.07) is 6.41. The first-order chi connectivity index (χ1) is 12.7. The summed E-state index contributed by atoms with van der Waals surface area (Å²) in [7, 11) is 1.80. The highest BCUT2D eigenvalue weighted by molar-refractivity contribution is 5.93. The summed E-state index contributed by atoms with van der Waals surface area (Å²) < 4.78 is 11.4. The Hall–Kier alpha value is -1.95. The number of nitrogens with one attached hydrogen (secondary N) is 2. The number of piperidine rings is 1. The Morgan fingerprint density at radius 2 is 1.96 bits per heavy atom. The third-order valence-corrected chi connectivity index (χ3v) is 5.24. The molecule has 2 aliphatic rings. The lowest BCUT2D eigenvalue weighted by Crippen LogP contribution is -2.46. The number of anilines is 1. The second kappa shape index (κ2) is 9.12. The molecule has 2 aliphatic heterocycles. The van der Waals surface area contributed by atoms with Crippen LogP contribution < -0.4 is 20.1 Å². The lowest BCUT2D eigenvalue weighted by molar-refractivity contribution is 0.148. The van der Waals surface area contributed by atoms with Gasteiger partial charge in [0, 0.05) is 37.8 Å². The minimum Gasteiger partial charge on any atom is -0.490 e. The van der Waals surface area contributed by atoms with E-state index in [0.717, 1.165) is 42.0 Å². The molecule has 0 radical (unpaired) electrons. The van der Waals surface area contributed by atoms with Crippen LogP contribution in [0, 0.1) is 5.92 Å². The van der Waals surface area contributed by atoms with Gasteiger partial charge in [-0.15, -0.1) is 0 Å². The van der Waals surface area contributed by atoms with Gasteiger partial charge in [0.05, 0.1) is 13.2 Å². The zero-order chi connectivity index (χ0) is 18.4. The molecular weight excluding hydrogens is 328 g/mol. The Labute approximate surface area is 157 Å². The highest BCUT2D eigenvalue weighted by Gasteiger charge is 2.20. The minimum atomic E-state index is 0.491. The number of fused-ring (bicyclic) bond motifs is 1. The standard InChI is InChI=1S/C20H32N4O2/c1-15-7-9-24(10-8-15)16(2)14-22-20(21-3)23-17-5-6-18-19(13-17)26-12-4-11-25-18/h5-6,13,15-16H,4,7-12,14H2,1-3H3,(H2,21,22,23). The van der Waals surface area contributed by atoms with Gasteiger partial charge in [0.2, 0.25) is 0 Å². The molecule has 0 bridgehead atoms. The molecular formula is C20H32N4O2. The van der Waals surface area contributed by atoms with Crippen LogP contribution in [0.5, 0.6) is 11.5 Å². The largest absolute Gasteiger partial charge is 0.490 e. The maximum atomic E-state index is 5.76. The average molecular weight is 361 g/mol. The fraction of sp³-hybridized carbons (Fsp3) is 0.650. The fourth-order valence-electron chi connectivity index (χ4n) is 3.40. The first kappa shape index (κ1) is 18.8. The second-order valence-electron chi connectivity index (χ2n) is 7.36. The van der Waals surface area contributed by atoms with Gasteiger partial charge < -0.3 is 20.1 Å². The van der Waals surface area contributed by atoms with E-state index in [0.29, 0.717) is 19.3 Å². The van der Waals surface area contributed by atoms with Crippen LogP contribution >= 0.6 is 0 Å². The number of hydrogen-bond acceptors (Lipinski definition) is 4. The summed E-state index contributed by atoms with van der Waals surface area (Å²) in [6.45, 7) is 9.28. The molecule has 26 heavy (non-hydrogen) atoms. The predicted molar refractivity (Wildman–Crippen MR) is 106 cm³/mol. The Balaban J connectivity index is 1.52. The third-order valence-electron chi connectivity index (χ3n) is 5.24. The maximum absolute atomic E-state index is 5.76. The van der Waals surface area contributed by atoms with Gasteiger partial charge in [-0.25, -0.2) is 0 Å². The quantitative estimate of drug-likeness (QED) is 0.639. The van der Waals surface area contributed by atoms with Crippen molar-refractivity contribution in [3.8, 4) is 11.5 Å². The normalized spacial score (nSPS) is 20.3. The van der Waals surface area contributed by atoms with E-state index in [4.69, 9.17) is 9.47 Å². The van der Waals surface area contributed by atoms with Crippen LogP contribution in [0.15, 0.2) is 23.2 Å². The first-order valence-corrected chi connectivity index (χ1v) is 9.77. The van der Waals surface area contributed by atoms with Crippen LogP contribution in [0.2, 0.25) is 0 Å². The van der Waals surface area contributed by atoms with E-state index in [1.165, 1.54) is 25.9 Å². The van der Waals surface area contributed by atoms with E-state index in [1.54, 1.807) is 7.05 Å². The summed E-state index contributed by atoms with van der Waals surface area (Å²) in [5.74, 6) is 3.24. The minimum absolute atomic E-state index is 0.491. The zero-order valence-corrected chi connectivity index (χ0v) is 16.3. The van der Waals surface area contributed by atoms with Crippen LogP contribution in [-0.2, 0) is 0 Å². The molecule has 2 heterocycles. The number of rotatable bonds is 4. The fourth-order valence-corrected chi connectivity index (χ4v) is 3.40. The third kappa shape index (κ3) is 5.04. The van der Waals surface area contributed by atoms with Crippen molar-refractivity contribution < 1.29 is 9.47 Å². The summed E-state index contributed by atoms with van der Waals surface area (Å²) >= 11 is 0. The number of aliphatic imine (C=N–C) groups is 1. The van der Waals surface area contributed by atoms with Crippen molar-refractivity contribution in [3.63, 3.8) is 0 Å². The number of hydrogen-bond donors (Lipinski definition) is 2. The van der Waals surface area contributed by atoms with Gasteiger partial charge in [-0.2, -0.15) is 0 Å². The van der Waals surface area contributed by atoms with Gasteiger partial charge >= 0.3 is 0 Å². The topological polar surface area (TPSA) is 58.1 Å². The van der Waals surface area contributed by atoms with E-state index in [2.05, 4.69) is 34.4 Å². The Morgan fingerprint density at radius 1 is 1.23 bits per heavy atom. The van der Waals surface area contributed by atoms with Gasteiger partial charge in [0.1, 0.15) is 0 Å². The molecule has 6 heteroatoms. The molecule has 1 fully saturated rings. The van der Waals surface area contributed by atoms with E-state index in [1.807, 2.05) is 18.2 Å². The van der Waals surface area contributed by atoms with Crippen molar-refractivity contribution >= 4 is 11.6 Å². The number of guanidine groups is 1. The van der Waals surface area contributed by atoms with Gasteiger partial charge in [-0.3, -0.25) is 9.89 Å². The molecule has 1 saturated heterocycles. The van der Waals surface area contributed by atoms with Crippen molar-refractivity contribution in [2.24, 2.45) is 10.9 Å². The monoisotopic (exact) mass is 360 g/mol. The molecule has 0 spiro atoms. The van der Waals surface area contributed by atoms with Crippen molar-refractivity contribution in [1.29, 1.82) is 0 Å². The molecule has 1 atom stereocenters. The predicted octanol–water partition coefficient (Wildman–Crippen LogP) is 2.96. The smallest absolute Gasteiger partial charge is 0.195 e. The van der Waals surface area contributed by atoms with E-state index in [9.17, 15) is 0 Å². The molecule has 144 valence electrons.